The lowest BCUT2D eigenvalue weighted by Crippen LogP contribution is -2.48. The van der Waals surface area contributed by atoms with Crippen LogP contribution in [0.2, 0.25) is 0 Å². The zero-order chi connectivity index (χ0) is 20.7. The largest absolute Gasteiger partial charge is 0.381 e. The van der Waals surface area contributed by atoms with Gasteiger partial charge in [0.25, 0.3) is 5.91 Å². The van der Waals surface area contributed by atoms with Crippen molar-refractivity contribution in [2.45, 2.75) is 18.3 Å². The Morgan fingerprint density at radius 2 is 1.69 bits per heavy atom. The van der Waals surface area contributed by atoms with E-state index in [-0.39, 0.29) is 18.4 Å². The van der Waals surface area contributed by atoms with Crippen molar-refractivity contribution in [1.29, 1.82) is 0 Å². The van der Waals surface area contributed by atoms with Crippen LogP contribution in [0.4, 0.5) is 0 Å². The summed E-state index contributed by atoms with van der Waals surface area (Å²) >= 11 is 0. The fraction of sp³-hybridized carbons (Fsp3) is 0.333. The summed E-state index contributed by atoms with van der Waals surface area (Å²) in [5.74, 6) is 5.99. The van der Waals surface area contributed by atoms with Gasteiger partial charge in [-0.3, -0.25) is 9.59 Å². The molecule has 1 fully saturated rings. The first-order valence-electron chi connectivity index (χ1n) is 9.75. The maximum atomic E-state index is 13.0. The Morgan fingerprint density at radius 1 is 1.03 bits per heavy atom. The Bertz CT molecular complexity index is 903. The van der Waals surface area contributed by atoms with Gasteiger partial charge >= 0.3 is 0 Å². The maximum Gasteiger partial charge on any atom is 0.253 e. The van der Waals surface area contributed by atoms with Gasteiger partial charge < -0.3 is 15.0 Å². The topological polar surface area (TPSA) is 58.6 Å². The molecule has 5 heteroatoms. The van der Waals surface area contributed by atoms with Crippen LogP contribution in [0.1, 0.15) is 34.3 Å². The van der Waals surface area contributed by atoms with Crippen LogP contribution < -0.4 is 5.32 Å². The minimum absolute atomic E-state index is 0.00627. The summed E-state index contributed by atoms with van der Waals surface area (Å²) < 4.78 is 5.49. The molecule has 1 heterocycles. The number of amides is 2. The van der Waals surface area contributed by atoms with Gasteiger partial charge in [-0.05, 0) is 42.7 Å². The van der Waals surface area contributed by atoms with Crippen LogP contribution in [0, 0.1) is 11.8 Å². The van der Waals surface area contributed by atoms with E-state index in [4.69, 9.17) is 4.74 Å². The van der Waals surface area contributed by atoms with E-state index in [0.717, 1.165) is 11.1 Å². The molecule has 2 amide bonds. The summed E-state index contributed by atoms with van der Waals surface area (Å²) in [4.78, 5) is 26.5. The fourth-order valence-electron chi connectivity index (χ4n) is 3.52. The Hall–Kier alpha value is -3.10. The van der Waals surface area contributed by atoms with Crippen molar-refractivity contribution in [2.75, 3.05) is 33.9 Å². The monoisotopic (exact) mass is 390 g/mol. The van der Waals surface area contributed by atoms with Crippen LogP contribution in [-0.4, -0.2) is 50.6 Å². The van der Waals surface area contributed by atoms with E-state index < -0.39 is 5.41 Å². The maximum absolute atomic E-state index is 13.0. The molecule has 3 rings (SSSR count). The average molecular weight is 390 g/mol. The Labute approximate surface area is 172 Å². The molecule has 1 aliphatic rings. The fourth-order valence-corrected chi connectivity index (χ4v) is 3.52. The standard InChI is InChI=1S/C24H26N2O3/c1-26(2)22(27)20-12-10-19(11-13-20)7-6-16-25-23(28)24(14-17-29-18-15-24)21-8-4-3-5-9-21/h3-5,8-13H,14-18H2,1-2H3,(H,25,28). The van der Waals surface area contributed by atoms with Crippen molar-refractivity contribution in [3.63, 3.8) is 0 Å². The third kappa shape index (κ3) is 4.85. The lowest BCUT2D eigenvalue weighted by atomic mass is 9.73. The number of benzene rings is 2. The van der Waals surface area contributed by atoms with Crippen LogP contribution in [0.25, 0.3) is 0 Å². The summed E-state index contributed by atoms with van der Waals surface area (Å²) in [7, 11) is 3.44. The van der Waals surface area contributed by atoms with Crippen molar-refractivity contribution in [3.8, 4) is 11.8 Å². The van der Waals surface area contributed by atoms with E-state index in [0.29, 0.717) is 31.6 Å². The Morgan fingerprint density at radius 3 is 2.31 bits per heavy atom. The van der Waals surface area contributed by atoms with Crippen LogP contribution in [-0.2, 0) is 14.9 Å². The Balaban J connectivity index is 1.64. The molecule has 1 aliphatic heterocycles. The number of nitrogens with zero attached hydrogens (tertiary/aromatic N) is 1. The van der Waals surface area contributed by atoms with Gasteiger partial charge in [0.15, 0.2) is 0 Å². The molecule has 1 saturated heterocycles. The average Bonchev–Trinajstić information content (AvgIpc) is 2.77. The summed E-state index contributed by atoms with van der Waals surface area (Å²) in [6.07, 6.45) is 1.33. The minimum atomic E-state index is -0.560. The number of rotatable bonds is 4. The summed E-state index contributed by atoms with van der Waals surface area (Å²) in [6.45, 7) is 1.42. The van der Waals surface area contributed by atoms with Gasteiger partial charge in [-0.25, -0.2) is 0 Å². The van der Waals surface area contributed by atoms with Crippen molar-refractivity contribution in [3.05, 3.63) is 71.3 Å². The van der Waals surface area contributed by atoms with Crippen LogP contribution in [0.15, 0.2) is 54.6 Å². The summed E-state index contributed by atoms with van der Waals surface area (Å²) in [5, 5.41) is 2.98. The highest BCUT2D eigenvalue weighted by Gasteiger charge is 2.41. The highest BCUT2D eigenvalue weighted by molar-refractivity contribution is 5.94. The van der Waals surface area contributed by atoms with E-state index in [1.807, 2.05) is 42.5 Å². The molecule has 0 unspecified atom stereocenters. The van der Waals surface area contributed by atoms with E-state index in [9.17, 15) is 9.59 Å². The third-order valence-corrected chi connectivity index (χ3v) is 5.22. The van der Waals surface area contributed by atoms with Gasteiger partial charge in [0, 0.05) is 38.4 Å². The molecule has 0 aliphatic carbocycles. The quantitative estimate of drug-likeness (QED) is 0.817. The molecule has 2 aromatic rings. The molecule has 0 atom stereocenters. The van der Waals surface area contributed by atoms with Crippen LogP contribution >= 0.6 is 0 Å². The molecule has 0 bridgehead atoms. The smallest absolute Gasteiger partial charge is 0.253 e. The molecule has 150 valence electrons. The lowest BCUT2D eigenvalue weighted by Gasteiger charge is -2.36. The van der Waals surface area contributed by atoms with Gasteiger partial charge in [0.1, 0.15) is 0 Å². The zero-order valence-corrected chi connectivity index (χ0v) is 16.9. The lowest BCUT2D eigenvalue weighted by molar-refractivity contribution is -0.130. The van der Waals surface area contributed by atoms with Crippen LogP contribution in [0.3, 0.4) is 0 Å². The molecule has 0 spiro atoms. The number of hydrogen-bond acceptors (Lipinski definition) is 3. The number of nitrogens with one attached hydrogen (secondary N) is 1. The van der Waals surface area contributed by atoms with Crippen LogP contribution in [0.5, 0.6) is 0 Å². The second kappa shape index (κ2) is 9.40. The third-order valence-electron chi connectivity index (χ3n) is 5.22. The number of hydrogen-bond donors (Lipinski definition) is 1. The van der Waals surface area contributed by atoms with Gasteiger partial charge in [0.2, 0.25) is 5.91 Å². The van der Waals surface area contributed by atoms with E-state index >= 15 is 0 Å². The highest BCUT2D eigenvalue weighted by Crippen LogP contribution is 2.35. The first kappa shape index (κ1) is 20.6. The van der Waals surface area contributed by atoms with E-state index in [1.54, 1.807) is 26.2 Å². The molecule has 1 N–H and O–H groups in total. The number of carbonyl (C=O) groups excluding carboxylic acids is 2. The van der Waals surface area contributed by atoms with Crippen molar-refractivity contribution < 1.29 is 14.3 Å². The SMILES string of the molecule is CN(C)C(=O)c1ccc(C#CCNC(=O)C2(c3ccccc3)CCOCC2)cc1. The van der Waals surface area contributed by atoms with Crippen molar-refractivity contribution >= 4 is 11.8 Å². The van der Waals surface area contributed by atoms with Crippen molar-refractivity contribution in [2.24, 2.45) is 0 Å². The van der Waals surface area contributed by atoms with Gasteiger partial charge in [0.05, 0.1) is 12.0 Å². The molecular formula is C24H26N2O3. The summed E-state index contributed by atoms with van der Waals surface area (Å²) in [6, 6.07) is 17.0. The molecular weight excluding hydrogens is 364 g/mol. The first-order valence-corrected chi connectivity index (χ1v) is 9.75. The van der Waals surface area contributed by atoms with Crippen molar-refractivity contribution in [1.82, 2.24) is 10.2 Å². The second-order valence-electron chi connectivity index (χ2n) is 7.32. The highest BCUT2D eigenvalue weighted by atomic mass is 16.5. The van der Waals surface area contributed by atoms with E-state index in [1.165, 1.54) is 4.90 Å². The number of carbonyl (C=O) groups is 2. The van der Waals surface area contributed by atoms with Gasteiger partial charge in [-0.15, -0.1) is 0 Å². The first-order chi connectivity index (χ1) is 14.0. The number of ether oxygens (including phenoxy) is 1. The normalized spacial score (nSPS) is 15.0. The molecule has 5 nitrogen and oxygen atoms in total. The van der Waals surface area contributed by atoms with E-state index in [2.05, 4.69) is 17.2 Å². The predicted molar refractivity (Wildman–Crippen MR) is 113 cm³/mol. The second-order valence-corrected chi connectivity index (χ2v) is 7.32. The Kier molecular flexibility index (Phi) is 6.69. The molecule has 2 aromatic carbocycles. The summed E-state index contributed by atoms with van der Waals surface area (Å²) in [5.41, 5.74) is 1.89. The molecule has 29 heavy (non-hydrogen) atoms. The molecule has 0 radical (unpaired) electrons. The molecule has 0 aromatic heterocycles. The van der Waals surface area contributed by atoms with Gasteiger partial charge in [-0.2, -0.15) is 0 Å². The zero-order valence-electron chi connectivity index (χ0n) is 16.9. The minimum Gasteiger partial charge on any atom is -0.381 e. The predicted octanol–water partition coefficient (Wildman–Crippen LogP) is 2.60. The molecule has 0 saturated carbocycles. The van der Waals surface area contributed by atoms with Gasteiger partial charge in [-0.1, -0.05) is 42.2 Å².